The van der Waals surface area contributed by atoms with E-state index in [-0.39, 0.29) is 44.2 Å². The molecule has 0 amide bonds. The molecule has 3 unspecified atom stereocenters. The van der Waals surface area contributed by atoms with Gasteiger partial charge in [0.15, 0.2) is 0 Å². The maximum absolute atomic E-state index is 13.9. The highest BCUT2D eigenvalue weighted by molar-refractivity contribution is 5.79. The summed E-state index contributed by atoms with van der Waals surface area (Å²) < 4.78 is 63.1. The Morgan fingerprint density at radius 3 is 1.58 bits per heavy atom. The highest BCUT2D eigenvalue weighted by Crippen LogP contribution is 2.62. The standard InChI is InChI=1S/C43H60F2O10/c1-40(30-8-23-4-24(10-30)11-31(40)9-23)54-35(46)21-50-19-34(51-22-36(47)55-41(2)32-12-25-5-26(14-32)15-33(41)13-25)20-52-39(49)43-16-27-6-28(17-43)37(29(7-27)18-43)53-38(48)42(3,44)45/h23-34,37H,4-22H2,1-3H3. The van der Waals surface area contributed by atoms with Gasteiger partial charge in [-0.3, -0.25) is 4.79 Å². The second-order valence-corrected chi connectivity index (χ2v) is 20.5. The van der Waals surface area contributed by atoms with Crippen LogP contribution in [-0.2, 0) is 47.6 Å². The van der Waals surface area contributed by atoms with E-state index in [1.807, 2.05) is 0 Å². The predicted molar refractivity (Wildman–Crippen MR) is 191 cm³/mol. The molecule has 12 aliphatic rings. The van der Waals surface area contributed by atoms with Crippen LogP contribution in [0.2, 0.25) is 0 Å². The molecule has 12 rings (SSSR count). The van der Waals surface area contributed by atoms with Crippen molar-refractivity contribution in [2.24, 2.45) is 70.5 Å². The van der Waals surface area contributed by atoms with Crippen molar-refractivity contribution >= 4 is 23.9 Å². The van der Waals surface area contributed by atoms with Crippen LogP contribution in [0.1, 0.15) is 117 Å². The molecule has 0 N–H and O–H groups in total. The molecule has 10 nitrogen and oxygen atoms in total. The quantitative estimate of drug-likeness (QED) is 0.137. The molecule has 12 aliphatic carbocycles. The van der Waals surface area contributed by atoms with Crippen LogP contribution in [0.15, 0.2) is 0 Å². The summed E-state index contributed by atoms with van der Waals surface area (Å²) in [4.78, 5) is 52.6. The Morgan fingerprint density at radius 2 is 1.11 bits per heavy atom. The van der Waals surface area contributed by atoms with Crippen LogP contribution in [0.25, 0.3) is 0 Å². The van der Waals surface area contributed by atoms with Crippen LogP contribution in [-0.4, -0.2) is 79.6 Å². The van der Waals surface area contributed by atoms with Crippen LogP contribution in [0.5, 0.6) is 0 Å². The molecule has 306 valence electrons. The van der Waals surface area contributed by atoms with E-state index in [0.717, 1.165) is 87.9 Å². The summed E-state index contributed by atoms with van der Waals surface area (Å²) in [5.41, 5.74) is -1.80. The third kappa shape index (κ3) is 7.03. The van der Waals surface area contributed by atoms with Crippen molar-refractivity contribution in [2.45, 2.75) is 146 Å². The maximum atomic E-state index is 13.9. The summed E-state index contributed by atoms with van der Waals surface area (Å²) in [6, 6.07) is 0. The van der Waals surface area contributed by atoms with Crippen molar-refractivity contribution < 1.29 is 56.4 Å². The number of halogens is 2. The lowest BCUT2D eigenvalue weighted by Crippen LogP contribution is -2.58. The van der Waals surface area contributed by atoms with E-state index in [9.17, 15) is 28.0 Å². The second kappa shape index (κ2) is 13.9. The summed E-state index contributed by atoms with van der Waals surface area (Å²) in [6.45, 7) is 3.81. The first kappa shape index (κ1) is 38.2. The Morgan fingerprint density at radius 1 is 0.636 bits per heavy atom. The van der Waals surface area contributed by atoms with Crippen molar-refractivity contribution in [1.82, 2.24) is 0 Å². The molecule has 0 radical (unpaired) electrons. The Balaban J connectivity index is 0.820. The number of ether oxygens (including phenoxy) is 6. The number of carbonyl (C=O) groups excluding carboxylic acids is 4. The van der Waals surface area contributed by atoms with Gasteiger partial charge in [0, 0.05) is 6.92 Å². The van der Waals surface area contributed by atoms with Crippen LogP contribution >= 0.6 is 0 Å². The predicted octanol–water partition coefficient (Wildman–Crippen LogP) is 6.84. The van der Waals surface area contributed by atoms with E-state index in [1.165, 1.54) is 12.8 Å². The number of alkyl halides is 2. The molecular weight excluding hydrogens is 714 g/mol. The molecule has 12 fully saturated rings. The fourth-order valence-electron chi connectivity index (χ4n) is 14.7. The molecule has 0 aromatic heterocycles. The van der Waals surface area contributed by atoms with Gasteiger partial charge in [0.1, 0.15) is 43.2 Å². The summed E-state index contributed by atoms with van der Waals surface area (Å²) in [6.07, 6.45) is 12.8. The van der Waals surface area contributed by atoms with Gasteiger partial charge < -0.3 is 28.4 Å². The topological polar surface area (TPSA) is 124 Å². The molecule has 12 heteroatoms. The lowest BCUT2D eigenvalue weighted by molar-refractivity contribution is -0.213. The molecule has 0 heterocycles. The van der Waals surface area contributed by atoms with Gasteiger partial charge in [-0.05, 0) is 175 Å². The van der Waals surface area contributed by atoms with Gasteiger partial charge in [0.2, 0.25) is 0 Å². The molecular formula is C43H60F2O10. The third-order valence-electron chi connectivity index (χ3n) is 16.8. The first-order valence-corrected chi connectivity index (χ1v) is 21.5. The Labute approximate surface area is 323 Å². The van der Waals surface area contributed by atoms with Gasteiger partial charge in [-0.2, -0.15) is 8.78 Å². The lowest BCUT2D eigenvalue weighted by atomic mass is 9.48. The first-order chi connectivity index (χ1) is 26.1. The number of hydrogen-bond donors (Lipinski definition) is 0. The molecule has 0 aromatic rings. The summed E-state index contributed by atoms with van der Waals surface area (Å²) in [5, 5.41) is 0. The SMILES string of the molecule is CC(F)(F)C(=O)OC1C2CC3CC1CC(C(=O)OCC(COCC(=O)OC1(C)C4CC5CC(C4)CC1C5)OCC(=O)OC1(C)C4CC5CC(C4)CC1C5)(C3)C2. The zero-order valence-corrected chi connectivity index (χ0v) is 32.8. The number of rotatable bonds is 14. The first-order valence-electron chi connectivity index (χ1n) is 21.5. The van der Waals surface area contributed by atoms with Gasteiger partial charge in [-0.1, -0.05) is 0 Å². The van der Waals surface area contributed by atoms with Crippen molar-refractivity contribution in [3.8, 4) is 0 Å². The van der Waals surface area contributed by atoms with Gasteiger partial charge in [-0.15, -0.1) is 0 Å². The summed E-state index contributed by atoms with van der Waals surface area (Å²) >= 11 is 0. The van der Waals surface area contributed by atoms with Crippen molar-refractivity contribution in [3.63, 3.8) is 0 Å². The van der Waals surface area contributed by atoms with Crippen LogP contribution in [0, 0.1) is 70.5 Å². The van der Waals surface area contributed by atoms with E-state index < -0.39 is 58.6 Å². The molecule has 0 saturated heterocycles. The zero-order valence-electron chi connectivity index (χ0n) is 32.8. The fraction of sp³-hybridized carbons (Fsp3) is 0.907. The normalized spacial score (nSPS) is 46.1. The van der Waals surface area contributed by atoms with Crippen molar-refractivity contribution in [1.29, 1.82) is 0 Å². The van der Waals surface area contributed by atoms with Crippen LogP contribution in [0.3, 0.4) is 0 Å². The molecule has 3 atom stereocenters. The fourth-order valence-corrected chi connectivity index (χ4v) is 14.7. The zero-order chi connectivity index (χ0) is 38.5. The van der Waals surface area contributed by atoms with E-state index in [4.69, 9.17) is 28.4 Å². The summed E-state index contributed by atoms with van der Waals surface area (Å²) in [5.74, 6) is -2.11. The monoisotopic (exact) mass is 774 g/mol. The third-order valence-corrected chi connectivity index (χ3v) is 16.8. The van der Waals surface area contributed by atoms with Crippen molar-refractivity contribution in [2.75, 3.05) is 26.4 Å². The molecule has 0 aromatic carbocycles. The number of hydrogen-bond acceptors (Lipinski definition) is 10. The average Bonchev–Trinajstić information content (AvgIpc) is 3.10. The molecule has 55 heavy (non-hydrogen) atoms. The summed E-state index contributed by atoms with van der Waals surface area (Å²) in [7, 11) is 0. The molecule has 12 saturated carbocycles. The Hall–Kier alpha value is -2.34. The minimum absolute atomic E-state index is 0.0978. The van der Waals surface area contributed by atoms with Crippen LogP contribution < -0.4 is 0 Å². The maximum Gasteiger partial charge on any atom is 0.376 e. The minimum atomic E-state index is -3.58. The van der Waals surface area contributed by atoms with E-state index in [1.54, 1.807) is 0 Å². The van der Waals surface area contributed by atoms with Gasteiger partial charge in [0.25, 0.3) is 0 Å². The highest BCUT2D eigenvalue weighted by atomic mass is 19.3. The average molecular weight is 775 g/mol. The Kier molecular flexibility index (Phi) is 9.65. The van der Waals surface area contributed by atoms with E-state index in [2.05, 4.69) is 13.8 Å². The molecule has 0 aliphatic heterocycles. The molecule has 0 spiro atoms. The van der Waals surface area contributed by atoms with Crippen LogP contribution in [0.4, 0.5) is 8.78 Å². The smallest absolute Gasteiger partial charge is 0.376 e. The van der Waals surface area contributed by atoms with Gasteiger partial charge in [0.05, 0.1) is 12.0 Å². The van der Waals surface area contributed by atoms with E-state index >= 15 is 0 Å². The second-order valence-electron chi connectivity index (χ2n) is 20.5. The Bertz CT molecular complexity index is 1470. The van der Waals surface area contributed by atoms with Crippen molar-refractivity contribution in [3.05, 3.63) is 0 Å². The molecule has 12 bridgehead atoms. The van der Waals surface area contributed by atoms with Gasteiger partial charge in [-0.25, -0.2) is 14.4 Å². The number of esters is 4. The van der Waals surface area contributed by atoms with E-state index in [0.29, 0.717) is 49.9 Å². The van der Waals surface area contributed by atoms with Gasteiger partial charge >= 0.3 is 29.8 Å². The minimum Gasteiger partial charge on any atom is -0.462 e. The highest BCUT2D eigenvalue weighted by Gasteiger charge is 2.62. The lowest BCUT2D eigenvalue weighted by Gasteiger charge is -2.59. The largest absolute Gasteiger partial charge is 0.462 e. The number of carbonyl (C=O) groups is 4.